The number of rotatable bonds is 7. The number of allylic oxidation sites excluding steroid dienone is 2. The van der Waals surface area contributed by atoms with E-state index in [1.54, 1.807) is 0 Å². The summed E-state index contributed by atoms with van der Waals surface area (Å²) in [4.78, 5) is 0. The van der Waals surface area contributed by atoms with Gasteiger partial charge in [0.05, 0.1) is 13.2 Å². The van der Waals surface area contributed by atoms with Crippen LogP contribution < -0.4 is 0 Å². The first-order chi connectivity index (χ1) is 13.7. The quantitative estimate of drug-likeness (QED) is 0.427. The van der Waals surface area contributed by atoms with Gasteiger partial charge in [-0.25, -0.2) is 0 Å². The smallest absolute Gasteiger partial charge is 0.266 e. The van der Waals surface area contributed by atoms with Crippen LogP contribution in [0.2, 0.25) is 0 Å². The Bertz CT molecular complexity index is 491. The third-order valence-electron chi connectivity index (χ3n) is 7.18. The fourth-order valence-corrected chi connectivity index (χ4v) is 5.41. The van der Waals surface area contributed by atoms with E-state index < -0.39 is 6.08 Å². The van der Waals surface area contributed by atoms with E-state index in [0.29, 0.717) is 24.2 Å². The number of ether oxygens (including phenoxy) is 2. The van der Waals surface area contributed by atoms with Crippen LogP contribution in [0.3, 0.4) is 0 Å². The molecule has 3 fully saturated rings. The Hall–Kier alpha value is -0.740. The number of hydrogen-bond acceptors (Lipinski definition) is 2. The molecule has 0 bridgehead atoms. The molecule has 1 heterocycles. The van der Waals surface area contributed by atoms with Crippen LogP contribution in [0.5, 0.6) is 0 Å². The number of unbranched alkanes of at least 4 members (excludes halogenated alkanes) is 1. The van der Waals surface area contributed by atoms with Gasteiger partial charge in [0.1, 0.15) is 0 Å². The molecule has 0 N–H and O–H groups in total. The maximum atomic E-state index is 12.3. The molecule has 2 nitrogen and oxygen atoms in total. The average molecular weight is 397 g/mol. The van der Waals surface area contributed by atoms with Crippen LogP contribution in [0.1, 0.15) is 77.6 Å². The van der Waals surface area contributed by atoms with Crippen molar-refractivity contribution in [2.24, 2.45) is 29.6 Å². The molecule has 0 atom stereocenters. The largest absolute Gasteiger partial charge is 0.352 e. The maximum Gasteiger partial charge on any atom is 0.266 e. The summed E-state index contributed by atoms with van der Waals surface area (Å²) < 4.78 is 36.7. The van der Waals surface area contributed by atoms with Crippen LogP contribution in [-0.4, -0.2) is 19.5 Å². The van der Waals surface area contributed by atoms with Gasteiger partial charge in [0.25, 0.3) is 6.08 Å². The van der Waals surface area contributed by atoms with Crippen molar-refractivity contribution in [2.45, 2.75) is 83.8 Å². The van der Waals surface area contributed by atoms with Crippen LogP contribution >= 0.6 is 0 Å². The lowest BCUT2D eigenvalue weighted by Crippen LogP contribution is -2.38. The Kier molecular flexibility index (Phi) is 8.98. The van der Waals surface area contributed by atoms with Crippen molar-refractivity contribution in [3.8, 4) is 0 Å². The fourth-order valence-electron chi connectivity index (χ4n) is 5.41. The van der Waals surface area contributed by atoms with Crippen LogP contribution in [0, 0.1) is 29.6 Å². The van der Waals surface area contributed by atoms with Crippen molar-refractivity contribution in [2.75, 3.05) is 13.2 Å². The van der Waals surface area contributed by atoms with E-state index in [1.807, 2.05) is 0 Å². The van der Waals surface area contributed by atoms with E-state index in [2.05, 4.69) is 19.1 Å². The Labute approximate surface area is 169 Å². The van der Waals surface area contributed by atoms with Crippen LogP contribution in [-0.2, 0) is 9.47 Å². The molecular formula is C24H38F2O2. The van der Waals surface area contributed by atoms with E-state index in [0.717, 1.165) is 50.4 Å². The van der Waals surface area contributed by atoms with Gasteiger partial charge in [-0.1, -0.05) is 25.5 Å². The standard InChI is InChI=1S/C24H38F2O2/c1-2-3-4-5-19-16-27-24(28-17-19)22-13-11-21(12-14-22)20-9-6-18(7-10-20)8-15-23(25)26/h4-5,15,18-22,24H,2-3,6-14,16-17H2,1H3. The third-order valence-corrected chi connectivity index (χ3v) is 7.18. The summed E-state index contributed by atoms with van der Waals surface area (Å²) >= 11 is 0. The molecule has 0 aromatic carbocycles. The average Bonchev–Trinajstić information content (AvgIpc) is 2.73. The molecule has 0 aromatic rings. The van der Waals surface area contributed by atoms with E-state index in [4.69, 9.17) is 9.47 Å². The van der Waals surface area contributed by atoms with Crippen molar-refractivity contribution >= 4 is 0 Å². The molecule has 0 aromatic heterocycles. The van der Waals surface area contributed by atoms with E-state index in [-0.39, 0.29) is 6.29 Å². The highest BCUT2D eigenvalue weighted by atomic mass is 19.3. The molecule has 3 rings (SSSR count). The maximum absolute atomic E-state index is 12.3. The zero-order valence-corrected chi connectivity index (χ0v) is 17.5. The van der Waals surface area contributed by atoms with Gasteiger partial charge < -0.3 is 9.47 Å². The van der Waals surface area contributed by atoms with Gasteiger partial charge >= 0.3 is 0 Å². The topological polar surface area (TPSA) is 18.5 Å². The first kappa shape index (κ1) is 22.0. The molecule has 0 unspecified atom stereocenters. The van der Waals surface area contributed by atoms with Crippen molar-refractivity contribution < 1.29 is 18.3 Å². The van der Waals surface area contributed by atoms with Gasteiger partial charge in [-0.2, -0.15) is 8.78 Å². The Morgan fingerprint density at radius 1 is 0.857 bits per heavy atom. The second-order valence-electron chi connectivity index (χ2n) is 9.20. The summed E-state index contributed by atoms with van der Waals surface area (Å²) in [5.74, 6) is 3.05. The van der Waals surface area contributed by atoms with Crippen LogP contribution in [0.15, 0.2) is 24.3 Å². The lowest BCUT2D eigenvalue weighted by atomic mass is 9.68. The minimum Gasteiger partial charge on any atom is -0.352 e. The van der Waals surface area contributed by atoms with Gasteiger partial charge in [0.15, 0.2) is 6.29 Å². The Morgan fingerprint density at radius 2 is 1.43 bits per heavy atom. The molecule has 0 spiro atoms. The molecule has 4 heteroatoms. The van der Waals surface area contributed by atoms with Crippen molar-refractivity contribution in [3.63, 3.8) is 0 Å². The fraction of sp³-hybridized carbons (Fsp3) is 0.833. The Morgan fingerprint density at radius 3 is 2.00 bits per heavy atom. The van der Waals surface area contributed by atoms with E-state index >= 15 is 0 Å². The molecule has 3 aliphatic rings. The highest BCUT2D eigenvalue weighted by Gasteiger charge is 2.35. The second kappa shape index (κ2) is 11.4. The summed E-state index contributed by atoms with van der Waals surface area (Å²) in [5, 5.41) is 0. The zero-order valence-electron chi connectivity index (χ0n) is 17.5. The lowest BCUT2D eigenvalue weighted by Gasteiger charge is -2.40. The molecule has 160 valence electrons. The van der Waals surface area contributed by atoms with Crippen molar-refractivity contribution in [1.82, 2.24) is 0 Å². The predicted octanol–water partition coefficient (Wildman–Crippen LogP) is 7.12. The summed E-state index contributed by atoms with van der Waals surface area (Å²) in [5.41, 5.74) is 0. The van der Waals surface area contributed by atoms with Crippen LogP contribution in [0.4, 0.5) is 8.78 Å². The van der Waals surface area contributed by atoms with E-state index in [1.165, 1.54) is 44.9 Å². The van der Waals surface area contributed by atoms with Crippen molar-refractivity contribution in [1.29, 1.82) is 0 Å². The zero-order chi connectivity index (χ0) is 19.8. The molecule has 0 radical (unpaired) electrons. The molecule has 2 saturated carbocycles. The lowest BCUT2D eigenvalue weighted by molar-refractivity contribution is -0.223. The molecular weight excluding hydrogens is 358 g/mol. The molecule has 28 heavy (non-hydrogen) atoms. The SMILES string of the molecule is CCCC=CC1COC(C2CCC(C3CCC(CC=C(F)F)CC3)CC2)OC1. The normalized spacial score (nSPS) is 37.1. The van der Waals surface area contributed by atoms with E-state index in [9.17, 15) is 8.78 Å². The summed E-state index contributed by atoms with van der Waals surface area (Å²) in [7, 11) is 0. The molecule has 1 aliphatic heterocycles. The first-order valence-electron chi connectivity index (χ1n) is 11.6. The third kappa shape index (κ3) is 6.66. The second-order valence-corrected chi connectivity index (χ2v) is 9.20. The van der Waals surface area contributed by atoms with Crippen molar-refractivity contribution in [3.05, 3.63) is 24.3 Å². The molecule has 2 aliphatic carbocycles. The molecule has 1 saturated heterocycles. The number of halogens is 2. The van der Waals surface area contributed by atoms with Gasteiger partial charge in [0.2, 0.25) is 0 Å². The monoisotopic (exact) mass is 396 g/mol. The minimum absolute atomic E-state index is 0.00473. The van der Waals surface area contributed by atoms with Gasteiger partial charge in [-0.3, -0.25) is 0 Å². The summed E-state index contributed by atoms with van der Waals surface area (Å²) in [6, 6.07) is 0. The number of hydrogen-bond donors (Lipinski definition) is 0. The summed E-state index contributed by atoms with van der Waals surface area (Å²) in [6.07, 6.45) is 16.7. The predicted molar refractivity (Wildman–Crippen MR) is 109 cm³/mol. The van der Waals surface area contributed by atoms with Gasteiger partial charge in [0, 0.05) is 11.8 Å². The van der Waals surface area contributed by atoms with Gasteiger partial charge in [-0.15, -0.1) is 0 Å². The van der Waals surface area contributed by atoms with Gasteiger partial charge in [-0.05, 0) is 88.0 Å². The molecule has 0 amide bonds. The minimum atomic E-state index is -1.52. The summed E-state index contributed by atoms with van der Waals surface area (Å²) in [6.45, 7) is 3.78. The highest BCUT2D eigenvalue weighted by molar-refractivity contribution is 4.91. The first-order valence-corrected chi connectivity index (χ1v) is 11.6. The highest BCUT2D eigenvalue weighted by Crippen LogP contribution is 2.43. The van der Waals surface area contributed by atoms with Crippen LogP contribution in [0.25, 0.3) is 0 Å². The Balaban J connectivity index is 1.34.